The third-order valence-electron chi connectivity index (χ3n) is 2.87. The Morgan fingerprint density at radius 2 is 1.68 bits per heavy atom. The standard InChI is InChI=1S/C14H13F2NOS/c1-9-4-2-7-13(14(9)17)19(18)8-10-11(15)5-3-6-12(10)16/h2-7H,8,17H2,1H3. The van der Waals surface area contributed by atoms with Crippen LogP contribution in [0.25, 0.3) is 0 Å². The molecule has 2 rings (SSSR count). The molecule has 2 aromatic rings. The van der Waals surface area contributed by atoms with Crippen LogP contribution in [0.3, 0.4) is 0 Å². The molecule has 100 valence electrons. The molecule has 0 aliphatic heterocycles. The van der Waals surface area contributed by atoms with Crippen molar-refractivity contribution in [3.05, 3.63) is 59.2 Å². The molecule has 5 heteroatoms. The molecule has 0 saturated carbocycles. The van der Waals surface area contributed by atoms with E-state index in [9.17, 15) is 13.0 Å². The van der Waals surface area contributed by atoms with Gasteiger partial charge in [0.25, 0.3) is 0 Å². The van der Waals surface area contributed by atoms with Gasteiger partial charge in [0, 0.05) is 5.56 Å². The number of nitrogens with two attached hydrogens (primary N) is 1. The van der Waals surface area contributed by atoms with E-state index in [0.29, 0.717) is 10.6 Å². The summed E-state index contributed by atoms with van der Waals surface area (Å²) in [5.41, 5.74) is 6.85. The average Bonchev–Trinajstić information content (AvgIpc) is 2.37. The number of halogens is 2. The highest BCUT2D eigenvalue weighted by molar-refractivity contribution is 7.84. The summed E-state index contributed by atoms with van der Waals surface area (Å²) in [4.78, 5) is 0.405. The maximum atomic E-state index is 13.5. The van der Waals surface area contributed by atoms with Gasteiger partial charge in [-0.3, -0.25) is 4.21 Å². The predicted octanol–water partition coefficient (Wildman–Crippen LogP) is 3.16. The summed E-state index contributed by atoms with van der Waals surface area (Å²) in [6.45, 7) is 1.79. The van der Waals surface area contributed by atoms with E-state index in [1.54, 1.807) is 25.1 Å². The van der Waals surface area contributed by atoms with Crippen LogP contribution in [0, 0.1) is 18.6 Å². The van der Waals surface area contributed by atoms with Gasteiger partial charge in [-0.15, -0.1) is 0 Å². The molecule has 19 heavy (non-hydrogen) atoms. The molecule has 2 aromatic carbocycles. The fourth-order valence-electron chi connectivity index (χ4n) is 1.73. The lowest BCUT2D eigenvalue weighted by molar-refractivity contribution is 0.564. The molecule has 0 bridgehead atoms. The number of hydrogen-bond donors (Lipinski definition) is 1. The summed E-state index contributed by atoms with van der Waals surface area (Å²) >= 11 is 0. The van der Waals surface area contributed by atoms with E-state index in [2.05, 4.69) is 0 Å². The van der Waals surface area contributed by atoms with Gasteiger partial charge >= 0.3 is 0 Å². The van der Waals surface area contributed by atoms with E-state index in [4.69, 9.17) is 5.73 Å². The Morgan fingerprint density at radius 3 is 2.32 bits per heavy atom. The lowest BCUT2D eigenvalue weighted by Crippen LogP contribution is -2.05. The molecule has 2 N–H and O–H groups in total. The van der Waals surface area contributed by atoms with Crippen molar-refractivity contribution < 1.29 is 13.0 Å². The zero-order valence-corrected chi connectivity index (χ0v) is 11.1. The van der Waals surface area contributed by atoms with Crippen LogP contribution in [0.1, 0.15) is 11.1 Å². The first-order valence-corrected chi connectivity index (χ1v) is 6.99. The third kappa shape index (κ3) is 2.81. The molecule has 0 aliphatic rings. The number of para-hydroxylation sites is 1. The maximum absolute atomic E-state index is 13.5. The first kappa shape index (κ1) is 13.7. The summed E-state index contributed by atoms with van der Waals surface area (Å²) in [6, 6.07) is 8.69. The summed E-state index contributed by atoms with van der Waals surface area (Å²) in [7, 11) is -1.58. The number of benzene rings is 2. The van der Waals surface area contributed by atoms with Crippen molar-refractivity contribution in [2.45, 2.75) is 17.6 Å². The Balaban J connectivity index is 2.34. The van der Waals surface area contributed by atoms with Gasteiger partial charge in [0.2, 0.25) is 0 Å². The van der Waals surface area contributed by atoms with E-state index in [1.165, 1.54) is 6.07 Å². The van der Waals surface area contributed by atoms with Gasteiger partial charge in [-0.1, -0.05) is 18.2 Å². The van der Waals surface area contributed by atoms with Crippen LogP contribution in [0.15, 0.2) is 41.3 Å². The Hall–Kier alpha value is -1.75. The number of rotatable bonds is 3. The number of hydrogen-bond acceptors (Lipinski definition) is 2. The second-order valence-corrected chi connectivity index (χ2v) is 5.60. The highest BCUT2D eigenvalue weighted by Gasteiger charge is 2.15. The number of anilines is 1. The lowest BCUT2D eigenvalue weighted by Gasteiger charge is -2.09. The average molecular weight is 281 g/mol. The minimum atomic E-state index is -1.58. The van der Waals surface area contributed by atoms with Gasteiger partial charge in [0.15, 0.2) is 0 Å². The number of aryl methyl sites for hydroxylation is 1. The molecule has 1 atom stereocenters. The first-order chi connectivity index (χ1) is 9.00. The second kappa shape index (κ2) is 5.48. The van der Waals surface area contributed by atoms with E-state index < -0.39 is 22.4 Å². The van der Waals surface area contributed by atoms with Crippen LogP contribution in [-0.2, 0) is 16.6 Å². The Labute approximate surface area is 112 Å². The Bertz CT molecular complexity index is 623. The van der Waals surface area contributed by atoms with Crippen LogP contribution in [0.4, 0.5) is 14.5 Å². The summed E-state index contributed by atoms with van der Waals surface area (Å²) < 4.78 is 39.2. The second-order valence-electron chi connectivity index (χ2n) is 4.18. The van der Waals surface area contributed by atoms with E-state index in [0.717, 1.165) is 17.7 Å². The smallest absolute Gasteiger partial charge is 0.130 e. The van der Waals surface area contributed by atoms with E-state index in [1.807, 2.05) is 0 Å². The maximum Gasteiger partial charge on any atom is 0.130 e. The number of nitrogen functional groups attached to an aromatic ring is 1. The molecule has 0 spiro atoms. The van der Waals surface area contributed by atoms with E-state index in [-0.39, 0.29) is 11.3 Å². The Kier molecular flexibility index (Phi) is 3.95. The van der Waals surface area contributed by atoms with Gasteiger partial charge < -0.3 is 5.73 Å². The topological polar surface area (TPSA) is 43.1 Å². The van der Waals surface area contributed by atoms with Gasteiger partial charge in [-0.25, -0.2) is 8.78 Å². The normalized spacial score (nSPS) is 12.4. The molecule has 1 unspecified atom stereocenters. The molecule has 2 nitrogen and oxygen atoms in total. The van der Waals surface area contributed by atoms with Gasteiger partial charge in [-0.2, -0.15) is 0 Å². The predicted molar refractivity (Wildman–Crippen MR) is 72.1 cm³/mol. The molecular weight excluding hydrogens is 268 g/mol. The van der Waals surface area contributed by atoms with Gasteiger partial charge in [0.1, 0.15) is 11.6 Å². The van der Waals surface area contributed by atoms with Crippen LogP contribution in [0.2, 0.25) is 0 Å². The molecule has 0 amide bonds. The van der Waals surface area contributed by atoms with Gasteiger partial charge in [0.05, 0.1) is 27.1 Å². The minimum Gasteiger partial charge on any atom is -0.398 e. The summed E-state index contributed by atoms with van der Waals surface area (Å²) in [5, 5.41) is 0. The van der Waals surface area contributed by atoms with Crippen molar-refractivity contribution in [1.82, 2.24) is 0 Å². The molecule has 0 aromatic heterocycles. The van der Waals surface area contributed by atoms with Crippen LogP contribution in [-0.4, -0.2) is 4.21 Å². The fourth-order valence-corrected chi connectivity index (χ4v) is 3.06. The lowest BCUT2D eigenvalue weighted by atomic mass is 10.2. The van der Waals surface area contributed by atoms with Crippen LogP contribution in [0.5, 0.6) is 0 Å². The molecular formula is C14H13F2NOS. The van der Waals surface area contributed by atoms with Crippen molar-refractivity contribution in [2.75, 3.05) is 5.73 Å². The van der Waals surface area contributed by atoms with Crippen molar-refractivity contribution in [3.63, 3.8) is 0 Å². The third-order valence-corrected chi connectivity index (χ3v) is 4.26. The van der Waals surface area contributed by atoms with Crippen molar-refractivity contribution in [1.29, 1.82) is 0 Å². The highest BCUT2D eigenvalue weighted by atomic mass is 32.2. The fraction of sp³-hybridized carbons (Fsp3) is 0.143. The van der Waals surface area contributed by atoms with Crippen LogP contribution >= 0.6 is 0 Å². The summed E-state index contributed by atoms with van der Waals surface area (Å²) in [6.07, 6.45) is 0. The summed E-state index contributed by atoms with van der Waals surface area (Å²) in [5.74, 6) is -1.62. The zero-order chi connectivity index (χ0) is 14.0. The molecule has 0 aliphatic carbocycles. The SMILES string of the molecule is Cc1cccc(S(=O)Cc2c(F)cccc2F)c1N. The van der Waals surface area contributed by atoms with Crippen molar-refractivity contribution >= 4 is 16.5 Å². The molecule has 0 heterocycles. The Morgan fingerprint density at radius 1 is 1.11 bits per heavy atom. The highest BCUT2D eigenvalue weighted by Crippen LogP contribution is 2.24. The first-order valence-electron chi connectivity index (χ1n) is 5.67. The largest absolute Gasteiger partial charge is 0.398 e. The molecule has 0 radical (unpaired) electrons. The monoisotopic (exact) mass is 281 g/mol. The minimum absolute atomic E-state index is 0.179. The van der Waals surface area contributed by atoms with Gasteiger partial charge in [-0.05, 0) is 30.7 Å². The zero-order valence-electron chi connectivity index (χ0n) is 10.3. The molecule has 0 saturated heterocycles. The van der Waals surface area contributed by atoms with Crippen LogP contribution < -0.4 is 5.73 Å². The van der Waals surface area contributed by atoms with Crippen molar-refractivity contribution in [2.24, 2.45) is 0 Å². The quantitative estimate of drug-likeness (QED) is 0.878. The van der Waals surface area contributed by atoms with E-state index >= 15 is 0 Å². The van der Waals surface area contributed by atoms with Crippen molar-refractivity contribution in [3.8, 4) is 0 Å². The molecule has 0 fully saturated rings.